The first-order valence-electron chi connectivity index (χ1n) is 5.06. The first-order chi connectivity index (χ1) is 7.17. The lowest BCUT2D eigenvalue weighted by Gasteiger charge is -2.23. The van der Waals surface area contributed by atoms with Crippen LogP contribution in [-0.2, 0) is 9.47 Å². The molecule has 0 aliphatic heterocycles. The van der Waals surface area contributed by atoms with Crippen molar-refractivity contribution in [2.75, 3.05) is 19.5 Å². The van der Waals surface area contributed by atoms with Crippen LogP contribution in [0.3, 0.4) is 0 Å². The second-order valence-corrected chi connectivity index (χ2v) is 3.64. The molecule has 1 aromatic carbocycles. The lowest BCUT2D eigenvalue weighted by Crippen LogP contribution is -2.33. The topological polar surface area (TPSA) is 30.5 Å². The molecular formula is C12H19NO2. The normalized spacial score (nSPS) is 12.9. The van der Waals surface area contributed by atoms with Crippen molar-refractivity contribution < 1.29 is 9.47 Å². The first-order valence-corrected chi connectivity index (χ1v) is 5.06. The molecule has 0 amide bonds. The van der Waals surface area contributed by atoms with Crippen molar-refractivity contribution in [3.05, 3.63) is 29.8 Å². The summed E-state index contributed by atoms with van der Waals surface area (Å²) in [7, 11) is 3.28. The number of anilines is 1. The molecule has 1 N–H and O–H groups in total. The van der Waals surface area contributed by atoms with Gasteiger partial charge in [-0.1, -0.05) is 12.1 Å². The van der Waals surface area contributed by atoms with Gasteiger partial charge >= 0.3 is 0 Å². The fourth-order valence-electron chi connectivity index (χ4n) is 1.57. The minimum atomic E-state index is -0.231. The molecule has 1 rings (SSSR count). The molecule has 0 bridgehead atoms. The number of aryl methyl sites for hydroxylation is 1. The van der Waals surface area contributed by atoms with Crippen LogP contribution in [0.15, 0.2) is 24.3 Å². The molecule has 84 valence electrons. The summed E-state index contributed by atoms with van der Waals surface area (Å²) in [6.45, 7) is 4.10. The average molecular weight is 209 g/mol. The number of benzene rings is 1. The van der Waals surface area contributed by atoms with Crippen LogP contribution in [0.4, 0.5) is 5.69 Å². The number of ether oxygens (including phenoxy) is 2. The van der Waals surface area contributed by atoms with Gasteiger partial charge in [-0.2, -0.15) is 0 Å². The Balaban J connectivity index is 2.61. The van der Waals surface area contributed by atoms with E-state index in [1.807, 2.05) is 19.1 Å². The standard InChI is InChI=1S/C12H19NO2/c1-9-6-5-7-11(8-9)13-10(2)12(14-3)15-4/h5-8,10,12-13H,1-4H3. The molecule has 0 heterocycles. The van der Waals surface area contributed by atoms with Crippen LogP contribution in [-0.4, -0.2) is 26.6 Å². The average Bonchev–Trinajstić information content (AvgIpc) is 2.19. The van der Waals surface area contributed by atoms with Gasteiger partial charge in [0, 0.05) is 19.9 Å². The number of hydrogen-bond acceptors (Lipinski definition) is 3. The van der Waals surface area contributed by atoms with Crippen LogP contribution < -0.4 is 5.32 Å². The van der Waals surface area contributed by atoms with Crippen LogP contribution in [0.5, 0.6) is 0 Å². The summed E-state index contributed by atoms with van der Waals surface area (Å²) in [5, 5.41) is 3.33. The molecule has 0 fully saturated rings. The first kappa shape index (κ1) is 12.0. The molecule has 3 nitrogen and oxygen atoms in total. The third-order valence-electron chi connectivity index (χ3n) is 2.29. The van der Waals surface area contributed by atoms with Gasteiger partial charge in [0.05, 0.1) is 6.04 Å². The lowest BCUT2D eigenvalue weighted by molar-refractivity contribution is -0.109. The molecular weight excluding hydrogens is 190 g/mol. The fraction of sp³-hybridized carbons (Fsp3) is 0.500. The van der Waals surface area contributed by atoms with E-state index in [4.69, 9.17) is 9.47 Å². The highest BCUT2D eigenvalue weighted by atomic mass is 16.7. The van der Waals surface area contributed by atoms with Crippen LogP contribution in [0.1, 0.15) is 12.5 Å². The Morgan fingerprint density at radius 2 is 1.87 bits per heavy atom. The summed E-state index contributed by atoms with van der Waals surface area (Å²) in [5.41, 5.74) is 2.32. The maximum Gasteiger partial charge on any atom is 0.176 e. The van der Waals surface area contributed by atoms with Gasteiger partial charge < -0.3 is 14.8 Å². The van der Waals surface area contributed by atoms with E-state index in [2.05, 4.69) is 24.4 Å². The van der Waals surface area contributed by atoms with E-state index in [-0.39, 0.29) is 12.3 Å². The summed E-state index contributed by atoms with van der Waals surface area (Å²) < 4.78 is 10.4. The molecule has 0 saturated heterocycles. The van der Waals surface area contributed by atoms with E-state index in [1.165, 1.54) is 5.56 Å². The number of nitrogens with one attached hydrogen (secondary N) is 1. The fourth-order valence-corrected chi connectivity index (χ4v) is 1.57. The highest BCUT2D eigenvalue weighted by molar-refractivity contribution is 5.46. The van der Waals surface area contributed by atoms with Gasteiger partial charge in [-0.15, -0.1) is 0 Å². The van der Waals surface area contributed by atoms with Crippen LogP contribution >= 0.6 is 0 Å². The minimum absolute atomic E-state index is 0.113. The van der Waals surface area contributed by atoms with Crippen LogP contribution in [0.2, 0.25) is 0 Å². The summed E-state index contributed by atoms with van der Waals surface area (Å²) in [6, 6.07) is 8.34. The monoisotopic (exact) mass is 209 g/mol. The molecule has 0 saturated carbocycles. The van der Waals surface area contributed by atoms with Crippen molar-refractivity contribution in [2.45, 2.75) is 26.2 Å². The van der Waals surface area contributed by atoms with Crippen molar-refractivity contribution in [3.63, 3.8) is 0 Å². The van der Waals surface area contributed by atoms with Gasteiger partial charge in [0.2, 0.25) is 0 Å². The van der Waals surface area contributed by atoms with Gasteiger partial charge in [0.25, 0.3) is 0 Å². The molecule has 1 aromatic rings. The summed E-state index contributed by atoms with van der Waals surface area (Å²) in [6.07, 6.45) is -0.231. The molecule has 15 heavy (non-hydrogen) atoms. The van der Waals surface area contributed by atoms with Crippen molar-refractivity contribution in [1.29, 1.82) is 0 Å². The van der Waals surface area contributed by atoms with Gasteiger partial charge in [-0.05, 0) is 31.5 Å². The highest BCUT2D eigenvalue weighted by Crippen LogP contribution is 2.13. The van der Waals surface area contributed by atoms with E-state index in [0.29, 0.717) is 0 Å². The SMILES string of the molecule is COC(OC)C(C)Nc1cccc(C)c1. The van der Waals surface area contributed by atoms with E-state index >= 15 is 0 Å². The van der Waals surface area contributed by atoms with Gasteiger partial charge in [-0.3, -0.25) is 0 Å². The second-order valence-electron chi connectivity index (χ2n) is 3.64. The van der Waals surface area contributed by atoms with Gasteiger partial charge in [0.1, 0.15) is 0 Å². The lowest BCUT2D eigenvalue weighted by atomic mass is 10.2. The zero-order valence-corrected chi connectivity index (χ0v) is 9.78. The van der Waals surface area contributed by atoms with Gasteiger partial charge in [0.15, 0.2) is 6.29 Å². The molecule has 0 aliphatic carbocycles. The van der Waals surface area contributed by atoms with Gasteiger partial charge in [-0.25, -0.2) is 0 Å². The Hall–Kier alpha value is -1.06. The van der Waals surface area contributed by atoms with Crippen molar-refractivity contribution >= 4 is 5.69 Å². The summed E-state index contributed by atoms with van der Waals surface area (Å²) in [4.78, 5) is 0. The number of methoxy groups -OCH3 is 2. The maximum atomic E-state index is 5.18. The smallest absolute Gasteiger partial charge is 0.176 e. The number of hydrogen-bond donors (Lipinski definition) is 1. The molecule has 0 aliphatic rings. The quantitative estimate of drug-likeness (QED) is 0.755. The zero-order chi connectivity index (χ0) is 11.3. The van der Waals surface area contributed by atoms with E-state index in [9.17, 15) is 0 Å². The molecule has 1 unspecified atom stereocenters. The van der Waals surface area contributed by atoms with Crippen LogP contribution in [0.25, 0.3) is 0 Å². The molecule has 0 spiro atoms. The highest BCUT2D eigenvalue weighted by Gasteiger charge is 2.14. The maximum absolute atomic E-state index is 5.18. The molecule has 3 heteroatoms. The Morgan fingerprint density at radius 1 is 1.20 bits per heavy atom. The molecule has 1 atom stereocenters. The van der Waals surface area contributed by atoms with E-state index in [1.54, 1.807) is 14.2 Å². The Bertz CT molecular complexity index is 297. The third kappa shape index (κ3) is 3.53. The van der Waals surface area contributed by atoms with Crippen molar-refractivity contribution in [2.24, 2.45) is 0 Å². The largest absolute Gasteiger partial charge is 0.377 e. The number of rotatable bonds is 5. The van der Waals surface area contributed by atoms with E-state index in [0.717, 1.165) is 5.69 Å². The Kier molecular flexibility index (Phi) is 4.59. The Labute approximate surface area is 91.4 Å². The molecule has 0 aromatic heterocycles. The van der Waals surface area contributed by atoms with Crippen LogP contribution in [0, 0.1) is 6.92 Å². The second kappa shape index (κ2) is 5.73. The van der Waals surface area contributed by atoms with Crippen molar-refractivity contribution in [1.82, 2.24) is 0 Å². The Morgan fingerprint density at radius 3 is 2.40 bits per heavy atom. The van der Waals surface area contributed by atoms with Crippen molar-refractivity contribution in [3.8, 4) is 0 Å². The summed E-state index contributed by atoms with van der Waals surface area (Å²) in [5.74, 6) is 0. The summed E-state index contributed by atoms with van der Waals surface area (Å²) >= 11 is 0. The molecule has 0 radical (unpaired) electrons. The third-order valence-corrected chi connectivity index (χ3v) is 2.29. The zero-order valence-electron chi connectivity index (χ0n) is 9.78. The predicted molar refractivity (Wildman–Crippen MR) is 62.1 cm³/mol. The minimum Gasteiger partial charge on any atom is -0.377 e. The van der Waals surface area contributed by atoms with E-state index < -0.39 is 0 Å². The predicted octanol–water partition coefficient (Wildman–Crippen LogP) is 2.41.